The van der Waals surface area contributed by atoms with Gasteiger partial charge in [0.15, 0.2) is 0 Å². The molecule has 0 amide bonds. The summed E-state index contributed by atoms with van der Waals surface area (Å²) in [5.41, 5.74) is 1.63. The zero-order valence-electron chi connectivity index (χ0n) is 12.0. The average molecular weight is 374 g/mol. The van der Waals surface area contributed by atoms with E-state index in [1.54, 1.807) is 36.7 Å². The second-order valence-electron chi connectivity index (χ2n) is 5.33. The van der Waals surface area contributed by atoms with Crippen LogP contribution in [0.25, 0.3) is 10.9 Å². The van der Waals surface area contributed by atoms with Gasteiger partial charge in [0.05, 0.1) is 28.7 Å². The molecule has 0 fully saturated rings. The molecule has 1 aromatic carbocycles. The number of nitro benzene ring substituents is 1. The Morgan fingerprint density at radius 1 is 1.22 bits per heavy atom. The molecule has 0 spiro atoms. The Kier molecular flexibility index (Phi) is 3.26. The fourth-order valence-corrected chi connectivity index (χ4v) is 3.47. The first-order chi connectivity index (χ1) is 11.1. The zero-order chi connectivity index (χ0) is 16.0. The van der Waals surface area contributed by atoms with Crippen molar-refractivity contribution in [2.45, 2.75) is 13.1 Å². The summed E-state index contributed by atoms with van der Waals surface area (Å²) in [6, 6.07) is 6.79. The summed E-state index contributed by atoms with van der Waals surface area (Å²) in [6.45, 7) is 2.25. The molecule has 0 radical (unpaired) electrons. The molecular weight excluding hydrogens is 362 g/mol. The second-order valence-corrected chi connectivity index (χ2v) is 6.14. The highest BCUT2D eigenvalue weighted by atomic mass is 79.9. The van der Waals surface area contributed by atoms with Gasteiger partial charge in [0.2, 0.25) is 0 Å². The van der Waals surface area contributed by atoms with Crippen LogP contribution in [0.15, 0.2) is 41.3 Å². The number of pyridine rings is 1. The fourth-order valence-electron chi connectivity index (χ4n) is 2.99. The average Bonchev–Trinajstić information content (AvgIpc) is 2.94. The number of hydrogen-bond acceptors (Lipinski definition) is 5. The van der Waals surface area contributed by atoms with Gasteiger partial charge >= 0.3 is 0 Å². The van der Waals surface area contributed by atoms with Crippen LogP contribution in [0.1, 0.15) is 5.82 Å². The SMILES string of the molecule is O=[N+]([O-])c1ccc(N2CCn3c(Br)cnc3C2)c2ncccc12. The topological polar surface area (TPSA) is 77.1 Å². The lowest BCUT2D eigenvalue weighted by atomic mass is 10.1. The van der Waals surface area contributed by atoms with Crippen LogP contribution in [-0.2, 0) is 13.1 Å². The minimum absolute atomic E-state index is 0.0816. The minimum atomic E-state index is -0.367. The molecule has 0 bridgehead atoms. The van der Waals surface area contributed by atoms with E-state index in [9.17, 15) is 10.1 Å². The molecule has 1 aliphatic rings. The molecule has 0 aliphatic carbocycles. The summed E-state index contributed by atoms with van der Waals surface area (Å²) in [5.74, 6) is 0.963. The summed E-state index contributed by atoms with van der Waals surface area (Å²) >= 11 is 3.49. The fraction of sp³-hybridized carbons (Fsp3) is 0.200. The van der Waals surface area contributed by atoms with Gasteiger partial charge in [0.25, 0.3) is 5.69 Å². The monoisotopic (exact) mass is 373 g/mol. The van der Waals surface area contributed by atoms with Crippen molar-refractivity contribution in [2.24, 2.45) is 0 Å². The second kappa shape index (κ2) is 5.31. The van der Waals surface area contributed by atoms with Gasteiger partial charge in [-0.1, -0.05) is 0 Å². The third-order valence-corrected chi connectivity index (χ3v) is 4.71. The van der Waals surface area contributed by atoms with E-state index < -0.39 is 0 Å². The number of halogens is 1. The standard InChI is InChI=1S/C15H12BrN5O2/c16-13-8-18-14-9-19(6-7-20(13)14)12-4-3-11(21(22)23)10-2-1-5-17-15(10)12/h1-5,8H,6-7,9H2. The van der Waals surface area contributed by atoms with E-state index >= 15 is 0 Å². The van der Waals surface area contributed by atoms with E-state index in [0.717, 1.165) is 29.2 Å². The third kappa shape index (κ3) is 2.26. The maximum Gasteiger partial charge on any atom is 0.278 e. The first-order valence-corrected chi connectivity index (χ1v) is 7.91. The number of non-ortho nitro benzene ring substituents is 1. The molecule has 0 saturated heterocycles. The van der Waals surface area contributed by atoms with Crippen molar-refractivity contribution in [1.82, 2.24) is 14.5 Å². The molecular formula is C15H12BrN5O2. The summed E-state index contributed by atoms with van der Waals surface area (Å²) in [6.07, 6.45) is 3.46. The molecule has 3 aromatic rings. The first kappa shape index (κ1) is 14.1. The van der Waals surface area contributed by atoms with Crippen LogP contribution < -0.4 is 4.90 Å². The third-order valence-electron chi connectivity index (χ3n) is 4.08. The van der Waals surface area contributed by atoms with Crippen molar-refractivity contribution < 1.29 is 4.92 Å². The van der Waals surface area contributed by atoms with Crippen LogP contribution in [0.3, 0.4) is 0 Å². The molecule has 0 atom stereocenters. The Labute approximate surface area is 139 Å². The van der Waals surface area contributed by atoms with Gasteiger partial charge in [-0.2, -0.15) is 0 Å². The number of nitrogens with zero attached hydrogens (tertiary/aromatic N) is 5. The van der Waals surface area contributed by atoms with E-state index in [-0.39, 0.29) is 10.6 Å². The minimum Gasteiger partial charge on any atom is -0.360 e. The number of aromatic nitrogens is 3. The molecule has 116 valence electrons. The maximum absolute atomic E-state index is 11.2. The predicted molar refractivity (Wildman–Crippen MR) is 89.4 cm³/mol. The Morgan fingerprint density at radius 2 is 2.09 bits per heavy atom. The zero-order valence-corrected chi connectivity index (χ0v) is 13.6. The molecule has 1 aliphatic heterocycles. The molecule has 0 N–H and O–H groups in total. The van der Waals surface area contributed by atoms with Gasteiger partial charge in [0.1, 0.15) is 15.9 Å². The Hall–Kier alpha value is -2.48. The Morgan fingerprint density at radius 3 is 2.91 bits per heavy atom. The van der Waals surface area contributed by atoms with Gasteiger partial charge in [-0.05, 0) is 34.1 Å². The quantitative estimate of drug-likeness (QED) is 0.509. The number of nitro groups is 1. The van der Waals surface area contributed by atoms with Crippen LogP contribution in [-0.4, -0.2) is 26.0 Å². The number of fused-ring (bicyclic) bond motifs is 2. The molecule has 4 rings (SSSR count). The molecule has 23 heavy (non-hydrogen) atoms. The first-order valence-electron chi connectivity index (χ1n) is 7.12. The van der Waals surface area contributed by atoms with Gasteiger partial charge in [-0.15, -0.1) is 0 Å². The summed E-state index contributed by atoms with van der Waals surface area (Å²) in [7, 11) is 0. The van der Waals surface area contributed by atoms with Crippen LogP contribution in [0.2, 0.25) is 0 Å². The smallest absolute Gasteiger partial charge is 0.278 e. The molecule has 0 unspecified atom stereocenters. The highest BCUT2D eigenvalue weighted by molar-refractivity contribution is 9.10. The number of rotatable bonds is 2. The van der Waals surface area contributed by atoms with Crippen molar-refractivity contribution in [2.75, 3.05) is 11.4 Å². The summed E-state index contributed by atoms with van der Waals surface area (Å²) < 4.78 is 3.09. The van der Waals surface area contributed by atoms with Crippen molar-refractivity contribution in [3.05, 3.63) is 57.2 Å². The van der Waals surface area contributed by atoms with Gasteiger partial charge < -0.3 is 9.47 Å². The number of benzene rings is 1. The van der Waals surface area contributed by atoms with Crippen molar-refractivity contribution >= 4 is 38.2 Å². The number of imidazole rings is 1. The van der Waals surface area contributed by atoms with Crippen molar-refractivity contribution in [1.29, 1.82) is 0 Å². The molecule has 2 aromatic heterocycles. The van der Waals surface area contributed by atoms with E-state index in [4.69, 9.17) is 0 Å². The van der Waals surface area contributed by atoms with Gasteiger partial charge in [-0.25, -0.2) is 4.98 Å². The molecule has 3 heterocycles. The summed E-state index contributed by atoms with van der Waals surface area (Å²) in [5, 5.41) is 11.8. The van der Waals surface area contributed by atoms with Crippen LogP contribution in [0.4, 0.5) is 11.4 Å². The van der Waals surface area contributed by atoms with E-state index in [2.05, 4.69) is 35.4 Å². The predicted octanol–water partition coefficient (Wildman–Crippen LogP) is 3.12. The van der Waals surface area contributed by atoms with Gasteiger partial charge in [-0.3, -0.25) is 15.1 Å². The van der Waals surface area contributed by atoms with E-state index in [1.165, 1.54) is 0 Å². The van der Waals surface area contributed by atoms with Crippen LogP contribution in [0.5, 0.6) is 0 Å². The van der Waals surface area contributed by atoms with Crippen LogP contribution in [0, 0.1) is 10.1 Å². The van der Waals surface area contributed by atoms with E-state index in [1.807, 2.05) is 0 Å². The lowest BCUT2D eigenvalue weighted by molar-refractivity contribution is -0.383. The summed E-state index contributed by atoms with van der Waals surface area (Å²) in [4.78, 5) is 21.8. The molecule has 8 heteroatoms. The van der Waals surface area contributed by atoms with Crippen molar-refractivity contribution in [3.8, 4) is 0 Å². The Balaban J connectivity index is 1.81. The lowest BCUT2D eigenvalue weighted by Crippen LogP contribution is -2.34. The molecule has 7 nitrogen and oxygen atoms in total. The maximum atomic E-state index is 11.2. The Bertz CT molecular complexity index is 923. The number of hydrogen-bond donors (Lipinski definition) is 0. The van der Waals surface area contributed by atoms with Gasteiger partial charge in [0, 0.05) is 25.4 Å². The normalized spacial score (nSPS) is 14.0. The largest absolute Gasteiger partial charge is 0.360 e. The number of anilines is 1. The highest BCUT2D eigenvalue weighted by Gasteiger charge is 2.23. The van der Waals surface area contributed by atoms with Crippen LogP contribution >= 0.6 is 15.9 Å². The highest BCUT2D eigenvalue weighted by Crippen LogP contribution is 2.33. The molecule has 0 saturated carbocycles. The van der Waals surface area contributed by atoms with E-state index in [0.29, 0.717) is 17.4 Å². The van der Waals surface area contributed by atoms with Crippen molar-refractivity contribution in [3.63, 3.8) is 0 Å². The lowest BCUT2D eigenvalue weighted by Gasteiger charge is -2.30.